The second-order valence-corrected chi connectivity index (χ2v) is 6.59. The Morgan fingerprint density at radius 2 is 1.73 bits per heavy atom. The number of rotatable bonds is 5. The van der Waals surface area contributed by atoms with Gasteiger partial charge in [-0.2, -0.15) is 0 Å². The Hall–Kier alpha value is -0.110. The Kier molecular flexibility index (Phi) is 4.57. The van der Waals surface area contributed by atoms with Gasteiger partial charge in [0, 0.05) is 0 Å². The van der Waals surface area contributed by atoms with Crippen LogP contribution in [0.5, 0.6) is 0 Å². The van der Waals surface area contributed by atoms with Crippen LogP contribution in [0.3, 0.4) is 0 Å². The van der Waals surface area contributed by atoms with E-state index in [0.717, 1.165) is 12.8 Å². The predicted molar refractivity (Wildman–Crippen MR) is 62.2 cm³/mol. The van der Waals surface area contributed by atoms with Crippen molar-refractivity contribution in [1.82, 2.24) is 0 Å². The van der Waals surface area contributed by atoms with Crippen LogP contribution >= 0.6 is 7.60 Å². The van der Waals surface area contributed by atoms with E-state index in [4.69, 9.17) is 9.05 Å². The van der Waals surface area contributed by atoms with Crippen molar-refractivity contribution in [3.05, 3.63) is 12.2 Å². The molecule has 1 unspecified atom stereocenters. The first kappa shape index (κ1) is 13.0. The van der Waals surface area contributed by atoms with Gasteiger partial charge in [0.25, 0.3) is 0 Å². The molecule has 3 nitrogen and oxygen atoms in total. The standard InChI is InChI=1S/C11H21O3P/c1-9(2)13-15(12,14-10(3)4)11-7-5-6-8-11/h5,7,9-11H,6,8H2,1-4H3. The first-order valence-electron chi connectivity index (χ1n) is 5.57. The van der Waals surface area contributed by atoms with Gasteiger partial charge >= 0.3 is 7.60 Å². The molecular formula is C11H21O3P. The normalized spacial score (nSPS) is 21.9. The molecule has 0 radical (unpaired) electrons. The third-order valence-electron chi connectivity index (χ3n) is 2.11. The fraction of sp³-hybridized carbons (Fsp3) is 0.818. The van der Waals surface area contributed by atoms with Crippen LogP contribution in [-0.2, 0) is 13.6 Å². The average molecular weight is 232 g/mol. The highest BCUT2D eigenvalue weighted by atomic mass is 31.2. The van der Waals surface area contributed by atoms with Gasteiger partial charge in [0.1, 0.15) is 0 Å². The van der Waals surface area contributed by atoms with Crippen LogP contribution in [0.25, 0.3) is 0 Å². The molecule has 15 heavy (non-hydrogen) atoms. The summed E-state index contributed by atoms with van der Waals surface area (Å²) < 4.78 is 23.6. The Morgan fingerprint density at radius 1 is 1.20 bits per heavy atom. The highest BCUT2D eigenvalue weighted by Crippen LogP contribution is 2.58. The SMILES string of the molecule is CC(C)OP(=O)(OC(C)C)C1C=CCC1. The maximum atomic E-state index is 12.5. The molecule has 4 heteroatoms. The lowest BCUT2D eigenvalue weighted by molar-refractivity contribution is 0.139. The fourth-order valence-corrected chi connectivity index (χ4v) is 3.98. The van der Waals surface area contributed by atoms with Gasteiger partial charge in [-0.05, 0) is 40.5 Å². The summed E-state index contributed by atoms with van der Waals surface area (Å²) in [5.41, 5.74) is -0.0534. The smallest absolute Gasteiger partial charge is 0.305 e. The molecule has 1 atom stereocenters. The van der Waals surface area contributed by atoms with Crippen molar-refractivity contribution in [3.8, 4) is 0 Å². The Morgan fingerprint density at radius 3 is 2.07 bits per heavy atom. The molecule has 1 aliphatic rings. The van der Waals surface area contributed by atoms with Gasteiger partial charge in [-0.15, -0.1) is 0 Å². The quantitative estimate of drug-likeness (QED) is 0.535. The molecule has 0 fully saturated rings. The van der Waals surface area contributed by atoms with Crippen LogP contribution in [0.4, 0.5) is 0 Å². The van der Waals surface area contributed by atoms with Crippen molar-refractivity contribution in [2.45, 2.75) is 58.4 Å². The zero-order valence-corrected chi connectivity index (χ0v) is 10.9. The van der Waals surface area contributed by atoms with Crippen molar-refractivity contribution < 1.29 is 13.6 Å². The van der Waals surface area contributed by atoms with E-state index in [-0.39, 0.29) is 17.9 Å². The molecule has 0 saturated heterocycles. The average Bonchev–Trinajstić information content (AvgIpc) is 2.51. The second kappa shape index (κ2) is 5.29. The lowest BCUT2D eigenvalue weighted by Gasteiger charge is -2.26. The lowest BCUT2D eigenvalue weighted by Crippen LogP contribution is -2.15. The largest absolute Gasteiger partial charge is 0.337 e. The molecule has 1 aliphatic carbocycles. The fourth-order valence-electron chi connectivity index (χ4n) is 1.65. The van der Waals surface area contributed by atoms with Crippen LogP contribution in [0.2, 0.25) is 0 Å². The molecule has 0 saturated carbocycles. The van der Waals surface area contributed by atoms with E-state index >= 15 is 0 Å². The van der Waals surface area contributed by atoms with Crippen molar-refractivity contribution >= 4 is 7.60 Å². The highest BCUT2D eigenvalue weighted by Gasteiger charge is 2.37. The van der Waals surface area contributed by atoms with Crippen LogP contribution in [-0.4, -0.2) is 17.9 Å². The summed E-state index contributed by atoms with van der Waals surface area (Å²) in [5.74, 6) is 0. The molecule has 0 bridgehead atoms. The van der Waals surface area contributed by atoms with E-state index in [1.165, 1.54) is 0 Å². The zero-order chi connectivity index (χ0) is 11.5. The number of hydrogen-bond acceptors (Lipinski definition) is 3. The van der Waals surface area contributed by atoms with Gasteiger partial charge in [-0.3, -0.25) is 4.57 Å². The van der Waals surface area contributed by atoms with Crippen LogP contribution in [0, 0.1) is 0 Å². The van der Waals surface area contributed by atoms with E-state index < -0.39 is 7.60 Å². The van der Waals surface area contributed by atoms with E-state index in [2.05, 4.69) is 0 Å². The molecule has 0 heterocycles. The lowest BCUT2D eigenvalue weighted by atomic mass is 10.4. The summed E-state index contributed by atoms with van der Waals surface area (Å²) in [6.45, 7) is 7.54. The third kappa shape index (κ3) is 3.75. The number of allylic oxidation sites excluding steroid dienone is 2. The summed E-state index contributed by atoms with van der Waals surface area (Å²) in [6, 6.07) is 0. The van der Waals surface area contributed by atoms with Gasteiger partial charge in [-0.1, -0.05) is 12.2 Å². The van der Waals surface area contributed by atoms with Crippen molar-refractivity contribution in [2.75, 3.05) is 0 Å². The first-order valence-corrected chi connectivity index (χ1v) is 7.18. The minimum absolute atomic E-state index is 0.0534. The van der Waals surface area contributed by atoms with Crippen LogP contribution in [0.15, 0.2) is 12.2 Å². The minimum Gasteiger partial charge on any atom is -0.305 e. The Labute approximate surface area is 92.4 Å². The molecule has 1 rings (SSSR count). The summed E-state index contributed by atoms with van der Waals surface area (Å²) >= 11 is 0. The topological polar surface area (TPSA) is 35.5 Å². The van der Waals surface area contributed by atoms with E-state index in [9.17, 15) is 4.57 Å². The van der Waals surface area contributed by atoms with Gasteiger partial charge in [-0.25, -0.2) is 0 Å². The molecule has 0 aromatic carbocycles. The van der Waals surface area contributed by atoms with Crippen LogP contribution in [0.1, 0.15) is 40.5 Å². The minimum atomic E-state index is -2.97. The summed E-state index contributed by atoms with van der Waals surface area (Å²) in [5, 5.41) is 0. The molecule has 0 aliphatic heterocycles. The highest BCUT2D eigenvalue weighted by molar-refractivity contribution is 7.54. The van der Waals surface area contributed by atoms with Crippen molar-refractivity contribution in [3.63, 3.8) is 0 Å². The van der Waals surface area contributed by atoms with Gasteiger partial charge < -0.3 is 9.05 Å². The summed E-state index contributed by atoms with van der Waals surface area (Å²) in [7, 11) is -2.97. The molecule has 0 amide bonds. The van der Waals surface area contributed by atoms with Crippen molar-refractivity contribution in [2.24, 2.45) is 0 Å². The van der Waals surface area contributed by atoms with E-state index in [0.29, 0.717) is 0 Å². The summed E-state index contributed by atoms with van der Waals surface area (Å²) in [4.78, 5) is 0. The maximum absolute atomic E-state index is 12.5. The monoisotopic (exact) mass is 232 g/mol. The first-order chi connectivity index (χ1) is 6.94. The molecule has 0 spiro atoms. The van der Waals surface area contributed by atoms with Crippen molar-refractivity contribution in [1.29, 1.82) is 0 Å². The molecule has 0 aromatic heterocycles. The van der Waals surface area contributed by atoms with Gasteiger partial charge in [0.2, 0.25) is 0 Å². The van der Waals surface area contributed by atoms with E-state index in [1.54, 1.807) is 0 Å². The molecule has 0 aromatic rings. The Bertz CT molecular complexity index is 257. The zero-order valence-electron chi connectivity index (χ0n) is 9.97. The second-order valence-electron chi connectivity index (χ2n) is 4.42. The molecular weight excluding hydrogens is 211 g/mol. The number of hydrogen-bond donors (Lipinski definition) is 0. The maximum Gasteiger partial charge on any atom is 0.337 e. The summed E-state index contributed by atoms with van der Waals surface area (Å²) in [6.07, 6.45) is 5.72. The van der Waals surface area contributed by atoms with Gasteiger partial charge in [0.15, 0.2) is 0 Å². The Balaban J connectivity index is 2.75. The predicted octanol–water partition coefficient (Wildman–Crippen LogP) is 3.75. The van der Waals surface area contributed by atoms with E-state index in [1.807, 2.05) is 39.8 Å². The van der Waals surface area contributed by atoms with Crippen LogP contribution < -0.4 is 0 Å². The third-order valence-corrected chi connectivity index (χ3v) is 4.78. The van der Waals surface area contributed by atoms with Gasteiger partial charge in [0.05, 0.1) is 17.9 Å². The molecule has 0 N–H and O–H groups in total. The molecule has 88 valence electrons.